The summed E-state index contributed by atoms with van der Waals surface area (Å²) in [6, 6.07) is 0. The molecule has 0 saturated carbocycles. The third kappa shape index (κ3) is 6.56. The van der Waals surface area contributed by atoms with Crippen molar-refractivity contribution in [3.63, 3.8) is 0 Å². The van der Waals surface area contributed by atoms with Crippen molar-refractivity contribution < 1.29 is 33.7 Å². The first-order valence-corrected chi connectivity index (χ1v) is 5.64. The largest absolute Gasteiger partial charge is 0.460 e. The minimum atomic E-state index is -0.747. The van der Waals surface area contributed by atoms with E-state index in [1.807, 2.05) is 0 Å². The number of carbonyl (C=O) groups excluding carboxylic acids is 3. The maximum atomic E-state index is 10.7. The summed E-state index contributed by atoms with van der Waals surface area (Å²) < 4.78 is 13.7. The van der Waals surface area contributed by atoms with Gasteiger partial charge in [0.1, 0.15) is 6.61 Å². The zero-order chi connectivity index (χ0) is 15.0. The molecule has 0 spiro atoms. The van der Waals surface area contributed by atoms with Crippen LogP contribution in [0.2, 0.25) is 0 Å². The normalized spacial score (nSPS) is 21.5. The van der Waals surface area contributed by atoms with Crippen LogP contribution in [-0.2, 0) is 28.6 Å². The average molecular weight is 274 g/mol. The van der Waals surface area contributed by atoms with E-state index in [1.54, 1.807) is 6.92 Å². The van der Waals surface area contributed by atoms with Crippen molar-refractivity contribution in [2.75, 3.05) is 13.2 Å². The molecule has 0 bridgehead atoms. The van der Waals surface area contributed by atoms with Gasteiger partial charge in [-0.2, -0.15) is 0 Å². The fourth-order valence-electron chi connectivity index (χ4n) is 0.898. The SMILES string of the molecule is C=C(C)C(=O)OCCO.CC1OC(=O)C(C)OC1=O. The van der Waals surface area contributed by atoms with Crippen molar-refractivity contribution in [3.8, 4) is 0 Å². The molecule has 0 aromatic carbocycles. The van der Waals surface area contributed by atoms with Crippen molar-refractivity contribution in [2.45, 2.75) is 33.0 Å². The number of aliphatic hydroxyl groups is 1. The lowest BCUT2D eigenvalue weighted by Gasteiger charge is -2.22. The first kappa shape index (κ1) is 17.1. The zero-order valence-corrected chi connectivity index (χ0v) is 11.2. The molecule has 7 nitrogen and oxygen atoms in total. The van der Waals surface area contributed by atoms with Gasteiger partial charge in [-0.1, -0.05) is 6.58 Å². The van der Waals surface area contributed by atoms with Crippen molar-refractivity contribution in [3.05, 3.63) is 12.2 Å². The molecular weight excluding hydrogens is 256 g/mol. The van der Waals surface area contributed by atoms with Crippen molar-refractivity contribution >= 4 is 17.9 Å². The van der Waals surface area contributed by atoms with Gasteiger partial charge in [0.25, 0.3) is 0 Å². The number of carbonyl (C=O) groups is 3. The van der Waals surface area contributed by atoms with Gasteiger partial charge in [-0.15, -0.1) is 0 Å². The maximum Gasteiger partial charge on any atom is 0.347 e. The van der Waals surface area contributed by atoms with Gasteiger partial charge in [-0.25, -0.2) is 14.4 Å². The third-order valence-corrected chi connectivity index (χ3v) is 1.92. The molecule has 0 aromatic rings. The lowest BCUT2D eigenvalue weighted by Crippen LogP contribution is -2.40. The van der Waals surface area contributed by atoms with E-state index in [0.717, 1.165) is 0 Å². The van der Waals surface area contributed by atoms with Crippen LogP contribution in [0.4, 0.5) is 0 Å². The van der Waals surface area contributed by atoms with Crippen molar-refractivity contribution in [1.82, 2.24) is 0 Å². The standard InChI is InChI=1S/C6H8O4.C6H10O3/c1-3-5(7)10-4(2)6(8)9-3;1-5(2)6(8)9-4-3-7/h3-4H,1-2H3;7H,1,3-4H2,2H3. The fraction of sp³-hybridized carbons (Fsp3) is 0.583. The predicted molar refractivity (Wildman–Crippen MR) is 64.0 cm³/mol. The number of rotatable bonds is 3. The minimum Gasteiger partial charge on any atom is -0.460 e. The summed E-state index contributed by atoms with van der Waals surface area (Å²) in [6.45, 7) is 7.77. The molecule has 0 amide bonds. The van der Waals surface area contributed by atoms with Crippen LogP contribution in [0.5, 0.6) is 0 Å². The minimum absolute atomic E-state index is 0.0473. The average Bonchev–Trinajstić information content (AvgIpc) is 2.34. The van der Waals surface area contributed by atoms with E-state index in [9.17, 15) is 14.4 Å². The van der Waals surface area contributed by atoms with Gasteiger partial charge in [-0.3, -0.25) is 0 Å². The number of ether oxygens (including phenoxy) is 3. The molecule has 1 aliphatic heterocycles. The molecule has 1 N–H and O–H groups in total. The van der Waals surface area contributed by atoms with Crippen molar-refractivity contribution in [2.24, 2.45) is 0 Å². The van der Waals surface area contributed by atoms with Gasteiger partial charge in [-0.05, 0) is 20.8 Å². The first-order valence-electron chi connectivity index (χ1n) is 5.64. The van der Waals surface area contributed by atoms with Crippen LogP contribution < -0.4 is 0 Å². The van der Waals surface area contributed by atoms with E-state index >= 15 is 0 Å². The highest BCUT2D eigenvalue weighted by Gasteiger charge is 2.32. The van der Waals surface area contributed by atoms with Crippen LogP contribution in [0.3, 0.4) is 0 Å². The fourth-order valence-corrected chi connectivity index (χ4v) is 0.898. The number of aliphatic hydroxyl groups excluding tert-OH is 1. The number of hydrogen-bond donors (Lipinski definition) is 1. The Labute approximate surface area is 111 Å². The molecule has 1 fully saturated rings. The van der Waals surface area contributed by atoms with Gasteiger partial charge in [0.15, 0.2) is 12.2 Å². The summed E-state index contributed by atoms with van der Waals surface area (Å²) in [7, 11) is 0. The molecule has 108 valence electrons. The molecule has 0 aromatic heterocycles. The van der Waals surface area contributed by atoms with Gasteiger partial charge < -0.3 is 19.3 Å². The Balaban J connectivity index is 0.000000344. The highest BCUT2D eigenvalue weighted by Crippen LogP contribution is 2.08. The van der Waals surface area contributed by atoms with Gasteiger partial charge in [0, 0.05) is 5.57 Å². The van der Waals surface area contributed by atoms with Crippen LogP contribution in [-0.4, -0.2) is 48.4 Å². The molecule has 0 aliphatic carbocycles. The molecule has 1 saturated heterocycles. The summed E-state index contributed by atoms with van der Waals surface area (Å²) >= 11 is 0. The molecule has 1 aliphatic rings. The third-order valence-electron chi connectivity index (χ3n) is 1.92. The highest BCUT2D eigenvalue weighted by molar-refractivity contribution is 5.87. The molecule has 1 heterocycles. The van der Waals surface area contributed by atoms with Gasteiger partial charge >= 0.3 is 17.9 Å². The summed E-state index contributed by atoms with van der Waals surface area (Å²) in [6.07, 6.45) is -1.49. The molecule has 7 heteroatoms. The molecule has 0 radical (unpaired) electrons. The van der Waals surface area contributed by atoms with E-state index < -0.39 is 30.1 Å². The van der Waals surface area contributed by atoms with Crippen molar-refractivity contribution in [1.29, 1.82) is 0 Å². The van der Waals surface area contributed by atoms with Gasteiger partial charge in [0.05, 0.1) is 6.61 Å². The summed E-state index contributed by atoms with van der Waals surface area (Å²) in [4.78, 5) is 31.8. The Hall–Kier alpha value is -1.89. The second-order valence-electron chi connectivity index (χ2n) is 3.80. The van der Waals surface area contributed by atoms with Crippen LogP contribution in [0, 0.1) is 0 Å². The van der Waals surface area contributed by atoms with E-state index in [4.69, 9.17) is 5.11 Å². The lowest BCUT2D eigenvalue weighted by atomic mass is 10.3. The lowest BCUT2D eigenvalue weighted by molar-refractivity contribution is -0.191. The Morgan fingerprint density at radius 1 is 1.26 bits per heavy atom. The van der Waals surface area contributed by atoms with E-state index in [-0.39, 0.29) is 13.2 Å². The molecular formula is C12H18O7. The zero-order valence-electron chi connectivity index (χ0n) is 11.2. The van der Waals surface area contributed by atoms with Gasteiger partial charge in [0.2, 0.25) is 0 Å². The monoisotopic (exact) mass is 274 g/mol. The Bertz CT molecular complexity index is 341. The summed E-state index contributed by atoms with van der Waals surface area (Å²) in [5.41, 5.74) is 0.350. The molecule has 2 atom stereocenters. The predicted octanol–water partition coefficient (Wildman–Crippen LogP) is -0.0386. The maximum absolute atomic E-state index is 10.7. The van der Waals surface area contributed by atoms with Crippen LogP contribution in [0.25, 0.3) is 0 Å². The quantitative estimate of drug-likeness (QED) is 0.438. The summed E-state index contributed by atoms with van der Waals surface area (Å²) in [5, 5.41) is 8.19. The second-order valence-corrected chi connectivity index (χ2v) is 3.80. The Kier molecular flexibility index (Phi) is 7.43. The Morgan fingerprint density at radius 3 is 2.00 bits per heavy atom. The molecule has 19 heavy (non-hydrogen) atoms. The van der Waals surface area contributed by atoms with E-state index in [2.05, 4.69) is 20.8 Å². The summed E-state index contributed by atoms with van der Waals surface area (Å²) in [5.74, 6) is -1.41. The van der Waals surface area contributed by atoms with Crippen LogP contribution in [0.1, 0.15) is 20.8 Å². The highest BCUT2D eigenvalue weighted by atomic mass is 16.6. The number of esters is 3. The first-order chi connectivity index (χ1) is 8.79. The Morgan fingerprint density at radius 2 is 1.68 bits per heavy atom. The molecule has 1 rings (SSSR count). The second kappa shape index (κ2) is 8.25. The molecule has 2 unspecified atom stereocenters. The van der Waals surface area contributed by atoms with E-state index in [0.29, 0.717) is 5.57 Å². The smallest absolute Gasteiger partial charge is 0.347 e. The van der Waals surface area contributed by atoms with E-state index in [1.165, 1.54) is 13.8 Å². The van der Waals surface area contributed by atoms with Crippen LogP contribution >= 0.6 is 0 Å². The number of cyclic esters (lactones) is 2. The van der Waals surface area contributed by atoms with Crippen LogP contribution in [0.15, 0.2) is 12.2 Å². The number of hydrogen-bond acceptors (Lipinski definition) is 7. The topological polar surface area (TPSA) is 99.1 Å².